The number of methoxy groups -OCH3 is 2. The second kappa shape index (κ2) is 7.01. The van der Waals surface area contributed by atoms with Crippen LogP contribution >= 0.6 is 0 Å². The SMILES string of the molecule is COc1ccc(CC(=O)N2CCC[C@@]3(CCC[C@H]3O)C2)c(OC)c1. The summed E-state index contributed by atoms with van der Waals surface area (Å²) >= 11 is 0. The van der Waals surface area contributed by atoms with E-state index in [0.717, 1.165) is 44.2 Å². The minimum Gasteiger partial charge on any atom is -0.497 e. The van der Waals surface area contributed by atoms with Crippen LogP contribution in [0.15, 0.2) is 18.2 Å². The zero-order valence-electron chi connectivity index (χ0n) is 14.6. The van der Waals surface area contributed by atoms with Gasteiger partial charge < -0.3 is 19.5 Å². The third kappa shape index (κ3) is 3.22. The van der Waals surface area contributed by atoms with Crippen LogP contribution in [0.4, 0.5) is 0 Å². The van der Waals surface area contributed by atoms with Gasteiger partial charge in [0.05, 0.1) is 26.7 Å². The highest BCUT2D eigenvalue weighted by Gasteiger charge is 2.45. The summed E-state index contributed by atoms with van der Waals surface area (Å²) in [5.41, 5.74) is 0.799. The second-order valence-electron chi connectivity index (χ2n) is 7.04. The van der Waals surface area contributed by atoms with Crippen molar-refractivity contribution in [3.8, 4) is 11.5 Å². The van der Waals surface area contributed by atoms with E-state index in [-0.39, 0.29) is 17.4 Å². The van der Waals surface area contributed by atoms with Crippen molar-refractivity contribution in [3.63, 3.8) is 0 Å². The van der Waals surface area contributed by atoms with E-state index in [1.807, 2.05) is 17.0 Å². The second-order valence-corrected chi connectivity index (χ2v) is 7.04. The Bertz CT molecular complexity index is 603. The molecule has 1 heterocycles. The van der Waals surface area contributed by atoms with Gasteiger partial charge in [-0.15, -0.1) is 0 Å². The number of ether oxygens (including phenoxy) is 2. The molecular weight excluding hydrogens is 306 g/mol. The molecule has 0 bridgehead atoms. The molecule has 0 unspecified atom stereocenters. The molecule has 1 saturated heterocycles. The monoisotopic (exact) mass is 333 g/mol. The van der Waals surface area contributed by atoms with Crippen LogP contribution in [0.2, 0.25) is 0 Å². The Morgan fingerprint density at radius 1 is 1.29 bits per heavy atom. The minimum atomic E-state index is -0.261. The van der Waals surface area contributed by atoms with Crippen molar-refractivity contribution in [1.82, 2.24) is 4.90 Å². The number of carbonyl (C=O) groups excluding carboxylic acids is 1. The zero-order chi connectivity index (χ0) is 17.2. The predicted molar refractivity (Wildman–Crippen MR) is 91.4 cm³/mol. The topological polar surface area (TPSA) is 59.0 Å². The average Bonchev–Trinajstić information content (AvgIpc) is 2.95. The lowest BCUT2D eigenvalue weighted by atomic mass is 9.76. The number of hydrogen-bond acceptors (Lipinski definition) is 4. The van der Waals surface area contributed by atoms with Crippen LogP contribution in [-0.2, 0) is 11.2 Å². The Balaban J connectivity index is 1.71. The van der Waals surface area contributed by atoms with Gasteiger partial charge in [-0.3, -0.25) is 4.79 Å². The number of nitrogens with zero attached hydrogens (tertiary/aromatic N) is 1. The highest BCUT2D eigenvalue weighted by molar-refractivity contribution is 5.79. The van der Waals surface area contributed by atoms with Crippen LogP contribution in [0, 0.1) is 5.41 Å². The summed E-state index contributed by atoms with van der Waals surface area (Å²) in [4.78, 5) is 14.7. The summed E-state index contributed by atoms with van der Waals surface area (Å²) in [5, 5.41) is 10.4. The van der Waals surface area contributed by atoms with Crippen molar-refractivity contribution in [3.05, 3.63) is 23.8 Å². The van der Waals surface area contributed by atoms with E-state index in [1.54, 1.807) is 20.3 Å². The van der Waals surface area contributed by atoms with Gasteiger partial charge in [-0.05, 0) is 31.7 Å². The minimum absolute atomic E-state index is 0.0715. The highest BCUT2D eigenvalue weighted by atomic mass is 16.5. The van der Waals surface area contributed by atoms with Gasteiger partial charge in [-0.2, -0.15) is 0 Å². The van der Waals surface area contributed by atoms with Crippen molar-refractivity contribution in [2.45, 2.75) is 44.6 Å². The molecular formula is C19H27NO4. The lowest BCUT2D eigenvalue weighted by Gasteiger charge is -2.42. The number of amides is 1. The van der Waals surface area contributed by atoms with Crippen molar-refractivity contribution >= 4 is 5.91 Å². The maximum atomic E-state index is 12.8. The first kappa shape index (κ1) is 17.1. The Morgan fingerprint density at radius 2 is 2.08 bits per heavy atom. The fraction of sp³-hybridized carbons (Fsp3) is 0.632. The van der Waals surface area contributed by atoms with E-state index in [4.69, 9.17) is 9.47 Å². The first-order chi connectivity index (χ1) is 11.6. The number of likely N-dealkylation sites (tertiary alicyclic amines) is 1. The summed E-state index contributed by atoms with van der Waals surface area (Å²) < 4.78 is 10.6. The van der Waals surface area contributed by atoms with E-state index in [2.05, 4.69) is 0 Å². The Kier molecular flexibility index (Phi) is 4.99. The number of aliphatic hydroxyl groups excluding tert-OH is 1. The van der Waals surface area contributed by atoms with E-state index in [1.165, 1.54) is 0 Å². The molecule has 132 valence electrons. The van der Waals surface area contributed by atoms with Crippen molar-refractivity contribution in [2.75, 3.05) is 27.3 Å². The van der Waals surface area contributed by atoms with Crippen LogP contribution in [0.1, 0.15) is 37.7 Å². The third-order valence-electron chi connectivity index (χ3n) is 5.66. The molecule has 1 spiro atoms. The molecule has 5 heteroatoms. The Hall–Kier alpha value is -1.75. The van der Waals surface area contributed by atoms with Crippen LogP contribution in [0.25, 0.3) is 0 Å². The van der Waals surface area contributed by atoms with Gasteiger partial charge in [-0.25, -0.2) is 0 Å². The molecule has 0 aromatic heterocycles. The van der Waals surface area contributed by atoms with Crippen LogP contribution in [0.3, 0.4) is 0 Å². The van der Waals surface area contributed by atoms with Crippen molar-refractivity contribution < 1.29 is 19.4 Å². The van der Waals surface area contributed by atoms with Gasteiger partial charge in [0.25, 0.3) is 0 Å². The lowest BCUT2D eigenvalue weighted by molar-refractivity contribution is -0.135. The molecule has 2 atom stereocenters. The normalized spacial score (nSPS) is 26.6. The van der Waals surface area contributed by atoms with Gasteiger partial charge in [0.2, 0.25) is 5.91 Å². The molecule has 1 aliphatic heterocycles. The maximum Gasteiger partial charge on any atom is 0.227 e. The number of aliphatic hydroxyl groups is 1. The maximum absolute atomic E-state index is 12.8. The summed E-state index contributed by atoms with van der Waals surface area (Å²) in [6.07, 6.45) is 5.03. The largest absolute Gasteiger partial charge is 0.497 e. The van der Waals surface area contributed by atoms with Gasteiger partial charge in [0.1, 0.15) is 11.5 Å². The quantitative estimate of drug-likeness (QED) is 0.919. The van der Waals surface area contributed by atoms with Gasteiger partial charge in [0.15, 0.2) is 0 Å². The van der Waals surface area contributed by atoms with Gasteiger partial charge in [-0.1, -0.05) is 12.5 Å². The summed E-state index contributed by atoms with van der Waals surface area (Å²) in [7, 11) is 3.22. The fourth-order valence-electron chi connectivity index (χ4n) is 4.24. The first-order valence-electron chi connectivity index (χ1n) is 8.75. The zero-order valence-corrected chi connectivity index (χ0v) is 14.6. The number of benzene rings is 1. The molecule has 1 aliphatic carbocycles. The summed E-state index contributed by atoms with van der Waals surface area (Å²) in [6.45, 7) is 1.47. The van der Waals surface area contributed by atoms with E-state index < -0.39 is 0 Å². The number of hydrogen-bond donors (Lipinski definition) is 1. The predicted octanol–water partition coefficient (Wildman–Crippen LogP) is 2.40. The molecule has 24 heavy (non-hydrogen) atoms. The van der Waals surface area contributed by atoms with Crippen LogP contribution in [0.5, 0.6) is 11.5 Å². The molecule has 3 rings (SSSR count). The molecule has 1 aromatic rings. The molecule has 5 nitrogen and oxygen atoms in total. The Morgan fingerprint density at radius 3 is 2.75 bits per heavy atom. The van der Waals surface area contributed by atoms with E-state index >= 15 is 0 Å². The third-order valence-corrected chi connectivity index (χ3v) is 5.66. The van der Waals surface area contributed by atoms with Crippen molar-refractivity contribution in [2.24, 2.45) is 5.41 Å². The van der Waals surface area contributed by atoms with Crippen LogP contribution in [-0.4, -0.2) is 49.3 Å². The van der Waals surface area contributed by atoms with Crippen LogP contribution < -0.4 is 9.47 Å². The fourth-order valence-corrected chi connectivity index (χ4v) is 4.24. The molecule has 1 aromatic carbocycles. The summed E-state index contributed by atoms with van der Waals surface area (Å²) in [6, 6.07) is 5.55. The molecule has 1 amide bonds. The van der Waals surface area contributed by atoms with Gasteiger partial charge >= 0.3 is 0 Å². The number of piperidine rings is 1. The summed E-state index contributed by atoms with van der Waals surface area (Å²) in [5.74, 6) is 1.50. The van der Waals surface area contributed by atoms with Gasteiger partial charge in [0, 0.05) is 30.1 Å². The standard InChI is InChI=1S/C19H27NO4/c1-23-15-7-6-14(16(12-15)24-2)11-18(22)20-10-4-9-19(13-20)8-3-5-17(19)21/h6-7,12,17,21H,3-5,8-11,13H2,1-2H3/t17-,19+/m1/s1. The van der Waals surface area contributed by atoms with Crippen molar-refractivity contribution in [1.29, 1.82) is 0 Å². The molecule has 2 fully saturated rings. The first-order valence-corrected chi connectivity index (χ1v) is 8.75. The lowest BCUT2D eigenvalue weighted by Crippen LogP contribution is -2.49. The Labute approximate surface area is 143 Å². The molecule has 0 radical (unpaired) electrons. The number of carbonyl (C=O) groups is 1. The molecule has 1 N–H and O–H groups in total. The van der Waals surface area contributed by atoms with E-state index in [9.17, 15) is 9.90 Å². The van der Waals surface area contributed by atoms with E-state index in [0.29, 0.717) is 24.5 Å². The number of rotatable bonds is 4. The molecule has 2 aliphatic rings. The highest BCUT2D eigenvalue weighted by Crippen LogP contribution is 2.45. The smallest absolute Gasteiger partial charge is 0.227 e. The average molecular weight is 333 g/mol. The molecule has 1 saturated carbocycles.